The van der Waals surface area contributed by atoms with Gasteiger partial charge < -0.3 is 9.88 Å². The lowest BCUT2D eigenvalue weighted by molar-refractivity contribution is 0.0932. The monoisotopic (exact) mass is 280 g/mol. The van der Waals surface area contributed by atoms with Gasteiger partial charge in [0, 0.05) is 12.7 Å². The summed E-state index contributed by atoms with van der Waals surface area (Å²) >= 11 is 5.73. The van der Waals surface area contributed by atoms with Crippen molar-refractivity contribution in [2.75, 3.05) is 0 Å². The molecule has 2 rings (SSSR count). The fourth-order valence-electron chi connectivity index (χ4n) is 1.67. The number of hydrogen-bond donors (Lipinski definition) is 1. The summed E-state index contributed by atoms with van der Waals surface area (Å²) in [4.78, 5) is 19.8. The molecule has 0 saturated heterocycles. The molecule has 8 heteroatoms. The highest BCUT2D eigenvalue weighted by Gasteiger charge is 2.17. The van der Waals surface area contributed by atoms with Gasteiger partial charge in [-0.25, -0.2) is 9.97 Å². The molecule has 2 aromatic rings. The third-order valence-electron chi connectivity index (χ3n) is 2.54. The van der Waals surface area contributed by atoms with Crippen LogP contribution in [0.15, 0.2) is 12.4 Å². The number of nitrogens with zero attached hydrogens (tertiary/aromatic N) is 5. The average Bonchev–Trinajstić information content (AvgIpc) is 2.74. The van der Waals surface area contributed by atoms with E-state index in [1.807, 2.05) is 14.0 Å². The Labute approximate surface area is 115 Å². The topological polar surface area (TPSA) is 85.6 Å². The molecule has 0 aliphatic heterocycles. The zero-order chi connectivity index (χ0) is 14.0. The first-order valence-electron chi connectivity index (χ1n) is 5.63. The molecule has 0 radical (unpaired) electrons. The van der Waals surface area contributed by atoms with Crippen LogP contribution in [0.3, 0.4) is 0 Å². The molecule has 1 unspecified atom stereocenters. The van der Waals surface area contributed by atoms with E-state index in [1.165, 1.54) is 0 Å². The van der Waals surface area contributed by atoms with Gasteiger partial charge in [0.1, 0.15) is 12.0 Å². The summed E-state index contributed by atoms with van der Waals surface area (Å²) in [5.74, 6) is 0.327. The number of carbonyl (C=O) groups is 1. The number of halogens is 1. The third kappa shape index (κ3) is 3.05. The van der Waals surface area contributed by atoms with Gasteiger partial charge in [0.2, 0.25) is 5.28 Å². The molecular weight excluding hydrogens is 268 g/mol. The highest BCUT2D eigenvalue weighted by Crippen LogP contribution is 2.10. The number of aryl methyl sites for hydroxylation is 2. The minimum atomic E-state index is -0.331. The highest BCUT2D eigenvalue weighted by molar-refractivity contribution is 6.28. The highest BCUT2D eigenvalue weighted by atomic mass is 35.5. The van der Waals surface area contributed by atoms with Gasteiger partial charge in [0.15, 0.2) is 5.82 Å². The molecule has 0 spiro atoms. The van der Waals surface area contributed by atoms with Crippen molar-refractivity contribution >= 4 is 17.5 Å². The number of aromatic nitrogens is 5. The maximum Gasteiger partial charge on any atom is 0.270 e. The van der Waals surface area contributed by atoms with Crippen LogP contribution in [0.1, 0.15) is 35.0 Å². The number of nitrogens with one attached hydrogen (secondary N) is 1. The average molecular weight is 281 g/mol. The van der Waals surface area contributed by atoms with Gasteiger partial charge in [0.25, 0.3) is 5.91 Å². The maximum absolute atomic E-state index is 12.0. The lowest BCUT2D eigenvalue weighted by Crippen LogP contribution is -2.29. The first kappa shape index (κ1) is 13.4. The van der Waals surface area contributed by atoms with Gasteiger partial charge in [-0.05, 0) is 31.5 Å². The molecular formula is C11H13ClN6O. The third-order valence-corrected chi connectivity index (χ3v) is 2.71. The lowest BCUT2D eigenvalue weighted by atomic mass is 10.2. The number of rotatable bonds is 3. The molecule has 100 valence electrons. The summed E-state index contributed by atoms with van der Waals surface area (Å²) in [6.07, 6.45) is 1.57. The van der Waals surface area contributed by atoms with E-state index in [2.05, 4.69) is 25.5 Å². The van der Waals surface area contributed by atoms with Crippen molar-refractivity contribution in [3.05, 3.63) is 34.9 Å². The molecule has 2 heterocycles. The second kappa shape index (κ2) is 5.31. The minimum absolute atomic E-state index is 0.0523. The number of carbonyl (C=O) groups excluding carboxylic acids is 1. The SMILES string of the molecule is Cc1cc(C(=O)NC(C)c2nncn2C)nc(Cl)n1. The van der Waals surface area contributed by atoms with E-state index >= 15 is 0 Å². The molecule has 0 bridgehead atoms. The van der Waals surface area contributed by atoms with Crippen molar-refractivity contribution in [1.29, 1.82) is 0 Å². The quantitative estimate of drug-likeness (QED) is 0.850. The van der Waals surface area contributed by atoms with Crippen LogP contribution in [0.4, 0.5) is 0 Å². The lowest BCUT2D eigenvalue weighted by Gasteiger charge is -2.12. The standard InChI is InChI=1S/C11H13ClN6O/c1-6-4-8(16-11(12)14-6)10(19)15-7(2)9-17-13-5-18(9)3/h4-5,7H,1-3H3,(H,15,19). The molecule has 1 atom stereocenters. The Kier molecular flexibility index (Phi) is 3.75. The van der Waals surface area contributed by atoms with Crippen LogP contribution >= 0.6 is 11.6 Å². The second-order valence-corrected chi connectivity index (χ2v) is 4.50. The normalized spacial score (nSPS) is 12.2. The summed E-state index contributed by atoms with van der Waals surface area (Å²) in [6, 6.07) is 1.29. The maximum atomic E-state index is 12.0. The van der Waals surface area contributed by atoms with E-state index in [1.54, 1.807) is 23.9 Å². The second-order valence-electron chi connectivity index (χ2n) is 4.16. The van der Waals surface area contributed by atoms with Crippen molar-refractivity contribution in [1.82, 2.24) is 30.0 Å². The molecule has 0 aliphatic rings. The largest absolute Gasteiger partial charge is 0.341 e. The smallest absolute Gasteiger partial charge is 0.270 e. The Morgan fingerprint density at radius 1 is 1.47 bits per heavy atom. The first-order chi connectivity index (χ1) is 8.97. The predicted octanol–water partition coefficient (Wildman–Crippen LogP) is 1.06. The van der Waals surface area contributed by atoms with E-state index in [-0.39, 0.29) is 22.9 Å². The number of hydrogen-bond acceptors (Lipinski definition) is 5. The fourth-order valence-corrected chi connectivity index (χ4v) is 1.89. The van der Waals surface area contributed by atoms with Crippen LogP contribution in [0.5, 0.6) is 0 Å². The zero-order valence-electron chi connectivity index (χ0n) is 10.8. The fraction of sp³-hybridized carbons (Fsp3) is 0.364. The van der Waals surface area contributed by atoms with E-state index in [9.17, 15) is 4.79 Å². The van der Waals surface area contributed by atoms with Gasteiger partial charge in [0.05, 0.1) is 6.04 Å². The Morgan fingerprint density at radius 3 is 2.79 bits per heavy atom. The van der Waals surface area contributed by atoms with Crippen molar-refractivity contribution in [3.8, 4) is 0 Å². The van der Waals surface area contributed by atoms with Crippen LogP contribution < -0.4 is 5.32 Å². The Balaban J connectivity index is 2.15. The van der Waals surface area contributed by atoms with Crippen LogP contribution in [-0.4, -0.2) is 30.6 Å². The summed E-state index contributed by atoms with van der Waals surface area (Å²) < 4.78 is 1.74. The molecule has 0 aliphatic carbocycles. The molecule has 1 N–H and O–H groups in total. The molecule has 19 heavy (non-hydrogen) atoms. The van der Waals surface area contributed by atoms with Gasteiger partial charge in [-0.2, -0.15) is 0 Å². The van der Waals surface area contributed by atoms with Gasteiger partial charge in [-0.1, -0.05) is 0 Å². The zero-order valence-corrected chi connectivity index (χ0v) is 11.5. The van der Waals surface area contributed by atoms with Crippen molar-refractivity contribution in [3.63, 3.8) is 0 Å². The molecule has 2 aromatic heterocycles. The van der Waals surface area contributed by atoms with Crippen molar-refractivity contribution in [2.24, 2.45) is 7.05 Å². The van der Waals surface area contributed by atoms with Gasteiger partial charge in [-0.3, -0.25) is 4.79 Å². The van der Waals surface area contributed by atoms with Crippen LogP contribution in [-0.2, 0) is 7.05 Å². The summed E-state index contributed by atoms with van der Waals surface area (Å²) in [5.41, 5.74) is 0.864. The molecule has 1 amide bonds. The van der Waals surface area contributed by atoms with Crippen molar-refractivity contribution < 1.29 is 4.79 Å². The molecule has 0 saturated carbocycles. The summed E-state index contributed by atoms with van der Waals surface area (Å²) in [7, 11) is 1.81. The summed E-state index contributed by atoms with van der Waals surface area (Å²) in [5, 5.41) is 10.5. The van der Waals surface area contributed by atoms with Crippen molar-refractivity contribution in [2.45, 2.75) is 19.9 Å². The van der Waals surface area contributed by atoms with E-state index in [0.29, 0.717) is 11.5 Å². The molecule has 7 nitrogen and oxygen atoms in total. The Bertz CT molecular complexity index is 591. The molecule has 0 aromatic carbocycles. The number of amides is 1. The van der Waals surface area contributed by atoms with E-state index in [0.717, 1.165) is 0 Å². The first-order valence-corrected chi connectivity index (χ1v) is 6.01. The van der Waals surface area contributed by atoms with Crippen LogP contribution in [0, 0.1) is 6.92 Å². The minimum Gasteiger partial charge on any atom is -0.341 e. The van der Waals surface area contributed by atoms with Crippen LogP contribution in [0.25, 0.3) is 0 Å². The van der Waals surface area contributed by atoms with Crippen LogP contribution in [0.2, 0.25) is 5.28 Å². The summed E-state index contributed by atoms with van der Waals surface area (Å²) in [6.45, 7) is 3.56. The van der Waals surface area contributed by atoms with Gasteiger partial charge >= 0.3 is 0 Å². The predicted molar refractivity (Wildman–Crippen MR) is 68.7 cm³/mol. The van der Waals surface area contributed by atoms with E-state index < -0.39 is 0 Å². The Morgan fingerprint density at radius 2 is 2.21 bits per heavy atom. The van der Waals surface area contributed by atoms with E-state index in [4.69, 9.17) is 11.6 Å². The molecule has 0 fully saturated rings. The Hall–Kier alpha value is -2.02. The van der Waals surface area contributed by atoms with Gasteiger partial charge in [-0.15, -0.1) is 10.2 Å².